The lowest BCUT2D eigenvalue weighted by atomic mass is 9.98. The van der Waals surface area contributed by atoms with Crippen LogP contribution in [0.3, 0.4) is 0 Å². The Balaban J connectivity index is 3.03. The summed E-state index contributed by atoms with van der Waals surface area (Å²) >= 11 is 0. The number of hydrogen-bond donors (Lipinski definition) is 1. The van der Waals surface area contributed by atoms with Gasteiger partial charge in [0.15, 0.2) is 22.9 Å². The zero-order valence-electron chi connectivity index (χ0n) is 10.2. The molecular formula is C13H12F3NO. The molecule has 5 heteroatoms. The maximum absolute atomic E-state index is 13.7. The number of halogens is 3. The topological polar surface area (TPSA) is 32.9 Å². The lowest BCUT2D eigenvalue weighted by Gasteiger charge is -2.11. The first-order valence-corrected chi connectivity index (χ1v) is 5.54. The second-order valence-electron chi connectivity index (χ2n) is 4.56. The van der Waals surface area contributed by atoms with Gasteiger partial charge in [0.25, 0.3) is 0 Å². The van der Waals surface area contributed by atoms with Crippen LogP contribution in [0.1, 0.15) is 31.0 Å². The largest absolute Gasteiger partial charge is 0.358 e. The number of hydrogen-bond acceptors (Lipinski definition) is 1. The van der Waals surface area contributed by atoms with E-state index in [1.165, 1.54) is 0 Å². The molecule has 0 aliphatic heterocycles. The maximum atomic E-state index is 13.7. The van der Waals surface area contributed by atoms with Gasteiger partial charge in [-0.1, -0.05) is 13.8 Å². The van der Waals surface area contributed by atoms with Crippen LogP contribution in [0.15, 0.2) is 10.9 Å². The van der Waals surface area contributed by atoms with Gasteiger partial charge >= 0.3 is 0 Å². The summed E-state index contributed by atoms with van der Waals surface area (Å²) < 4.78 is 39.9. The van der Waals surface area contributed by atoms with Crippen molar-refractivity contribution in [3.63, 3.8) is 0 Å². The molecule has 0 atom stereocenters. The summed E-state index contributed by atoms with van der Waals surface area (Å²) in [6, 6.07) is 0.798. The number of aromatic nitrogens is 1. The molecule has 0 aliphatic carbocycles. The molecule has 1 aromatic carbocycles. The minimum atomic E-state index is -1.62. The van der Waals surface area contributed by atoms with Gasteiger partial charge in [-0.3, -0.25) is 4.79 Å². The van der Waals surface area contributed by atoms with Crippen molar-refractivity contribution in [2.24, 2.45) is 0 Å². The fourth-order valence-electron chi connectivity index (χ4n) is 2.19. The Morgan fingerprint density at radius 2 is 1.78 bits per heavy atom. The molecule has 0 saturated carbocycles. The first kappa shape index (κ1) is 12.7. The molecule has 0 radical (unpaired) electrons. The summed E-state index contributed by atoms with van der Waals surface area (Å²) in [5, 5.41) is -0.428. The van der Waals surface area contributed by atoms with Gasteiger partial charge in [-0.15, -0.1) is 0 Å². The first-order valence-electron chi connectivity index (χ1n) is 5.54. The molecule has 1 N–H and O–H groups in total. The SMILES string of the molecule is Cc1[nH]c2cc(F)c(F)c(F)c2c(=O)c1C(C)C. The van der Waals surface area contributed by atoms with Crippen LogP contribution in [-0.4, -0.2) is 4.98 Å². The molecule has 0 aliphatic rings. The molecule has 0 saturated heterocycles. The van der Waals surface area contributed by atoms with E-state index >= 15 is 0 Å². The van der Waals surface area contributed by atoms with Crippen LogP contribution in [0.5, 0.6) is 0 Å². The number of nitrogens with one attached hydrogen (secondary N) is 1. The van der Waals surface area contributed by atoms with Gasteiger partial charge in [0.05, 0.1) is 10.9 Å². The fourth-order valence-corrected chi connectivity index (χ4v) is 2.19. The van der Waals surface area contributed by atoms with Gasteiger partial charge in [-0.05, 0) is 12.8 Å². The Labute approximate surface area is 101 Å². The van der Waals surface area contributed by atoms with Gasteiger partial charge in [0.1, 0.15) is 0 Å². The third kappa shape index (κ3) is 1.70. The highest BCUT2D eigenvalue weighted by Crippen LogP contribution is 2.22. The van der Waals surface area contributed by atoms with Crippen LogP contribution < -0.4 is 5.43 Å². The van der Waals surface area contributed by atoms with E-state index in [4.69, 9.17) is 0 Å². The molecule has 96 valence electrons. The monoisotopic (exact) mass is 255 g/mol. The standard InChI is InChI=1S/C13H12F3NO/c1-5(2)9-6(3)17-8-4-7(14)11(15)12(16)10(8)13(9)18/h4-5H,1-3H3,(H,17,18). The van der Waals surface area contributed by atoms with Crippen molar-refractivity contribution < 1.29 is 13.2 Å². The molecule has 0 bridgehead atoms. The lowest BCUT2D eigenvalue weighted by Crippen LogP contribution is -2.17. The summed E-state index contributed by atoms with van der Waals surface area (Å²) in [7, 11) is 0. The molecule has 18 heavy (non-hydrogen) atoms. The molecular weight excluding hydrogens is 243 g/mol. The number of rotatable bonds is 1. The smallest absolute Gasteiger partial charge is 0.196 e. The van der Waals surface area contributed by atoms with Crippen LogP contribution in [-0.2, 0) is 0 Å². The van der Waals surface area contributed by atoms with E-state index in [-0.39, 0.29) is 11.4 Å². The maximum Gasteiger partial charge on any atom is 0.196 e. The number of benzene rings is 1. The number of aromatic amines is 1. The molecule has 0 fully saturated rings. The van der Waals surface area contributed by atoms with Crippen LogP contribution in [0, 0.1) is 24.4 Å². The zero-order chi connectivity index (χ0) is 13.6. The molecule has 0 unspecified atom stereocenters. The highest BCUT2D eigenvalue weighted by molar-refractivity contribution is 5.80. The molecule has 1 heterocycles. The summed E-state index contributed by atoms with van der Waals surface area (Å²) in [6.07, 6.45) is 0. The number of fused-ring (bicyclic) bond motifs is 1. The second kappa shape index (κ2) is 4.15. The first-order chi connectivity index (χ1) is 8.34. The van der Waals surface area contributed by atoms with E-state index < -0.39 is 28.3 Å². The fraction of sp³-hybridized carbons (Fsp3) is 0.308. The van der Waals surface area contributed by atoms with Crippen molar-refractivity contribution in [3.05, 3.63) is 45.0 Å². The van der Waals surface area contributed by atoms with E-state index in [0.717, 1.165) is 6.07 Å². The molecule has 2 rings (SSSR count). The Kier molecular flexibility index (Phi) is 2.92. The average molecular weight is 255 g/mol. The number of H-pyrrole nitrogens is 1. The molecule has 0 amide bonds. The molecule has 0 spiro atoms. The Hall–Kier alpha value is -1.78. The van der Waals surface area contributed by atoms with Crippen molar-refractivity contribution in [3.8, 4) is 0 Å². The summed E-state index contributed by atoms with van der Waals surface area (Å²) in [5.41, 5.74) is 0.297. The third-order valence-electron chi connectivity index (χ3n) is 2.94. The van der Waals surface area contributed by atoms with Crippen molar-refractivity contribution in [1.82, 2.24) is 4.98 Å². The highest BCUT2D eigenvalue weighted by atomic mass is 19.2. The van der Waals surface area contributed by atoms with E-state index in [1.54, 1.807) is 20.8 Å². The summed E-state index contributed by atoms with van der Waals surface area (Å²) in [4.78, 5) is 14.9. The zero-order valence-corrected chi connectivity index (χ0v) is 10.2. The predicted molar refractivity (Wildman–Crippen MR) is 63.3 cm³/mol. The second-order valence-corrected chi connectivity index (χ2v) is 4.56. The normalized spacial score (nSPS) is 11.5. The summed E-state index contributed by atoms with van der Waals surface area (Å²) in [5.74, 6) is -4.50. The van der Waals surface area contributed by atoms with Crippen molar-refractivity contribution >= 4 is 10.9 Å². The predicted octanol–water partition coefficient (Wildman–Crippen LogP) is 3.38. The van der Waals surface area contributed by atoms with Crippen LogP contribution >= 0.6 is 0 Å². The average Bonchev–Trinajstić information content (AvgIpc) is 2.24. The van der Waals surface area contributed by atoms with Gasteiger partial charge in [-0.25, -0.2) is 13.2 Å². The molecule has 2 aromatic rings. The van der Waals surface area contributed by atoms with Crippen molar-refractivity contribution in [2.45, 2.75) is 26.7 Å². The molecule has 2 nitrogen and oxygen atoms in total. The van der Waals surface area contributed by atoms with E-state index in [2.05, 4.69) is 4.98 Å². The third-order valence-corrected chi connectivity index (χ3v) is 2.94. The van der Waals surface area contributed by atoms with Gasteiger partial charge in [0.2, 0.25) is 0 Å². The van der Waals surface area contributed by atoms with E-state index in [1.807, 2.05) is 0 Å². The Morgan fingerprint density at radius 1 is 1.17 bits per heavy atom. The Bertz CT molecular complexity index is 689. The summed E-state index contributed by atoms with van der Waals surface area (Å²) in [6.45, 7) is 5.21. The van der Waals surface area contributed by atoms with Gasteiger partial charge in [-0.2, -0.15) is 0 Å². The van der Waals surface area contributed by atoms with E-state index in [0.29, 0.717) is 11.3 Å². The quantitative estimate of drug-likeness (QED) is 0.778. The van der Waals surface area contributed by atoms with Gasteiger partial charge in [0, 0.05) is 17.3 Å². The number of aryl methyl sites for hydroxylation is 1. The lowest BCUT2D eigenvalue weighted by molar-refractivity contribution is 0.453. The van der Waals surface area contributed by atoms with Crippen molar-refractivity contribution in [1.29, 1.82) is 0 Å². The van der Waals surface area contributed by atoms with Crippen LogP contribution in [0.4, 0.5) is 13.2 Å². The minimum Gasteiger partial charge on any atom is -0.358 e. The van der Waals surface area contributed by atoms with Gasteiger partial charge < -0.3 is 4.98 Å². The van der Waals surface area contributed by atoms with E-state index in [9.17, 15) is 18.0 Å². The molecule has 1 aromatic heterocycles. The number of pyridine rings is 1. The minimum absolute atomic E-state index is 0.0294. The Morgan fingerprint density at radius 3 is 2.33 bits per heavy atom. The highest BCUT2D eigenvalue weighted by Gasteiger charge is 2.20. The van der Waals surface area contributed by atoms with Crippen LogP contribution in [0.25, 0.3) is 10.9 Å². The van der Waals surface area contributed by atoms with Crippen molar-refractivity contribution in [2.75, 3.05) is 0 Å². The van der Waals surface area contributed by atoms with Crippen LogP contribution in [0.2, 0.25) is 0 Å².